The maximum absolute atomic E-state index is 12.5. The van der Waals surface area contributed by atoms with Gasteiger partial charge in [0.1, 0.15) is 14.9 Å². The summed E-state index contributed by atoms with van der Waals surface area (Å²) in [6.45, 7) is 1.96. The normalized spacial score (nSPS) is 11.3. The Hall–Kier alpha value is -2.43. The second-order valence-corrected chi connectivity index (χ2v) is 9.58. The number of anilines is 2. The maximum atomic E-state index is 12.5. The fourth-order valence-corrected chi connectivity index (χ4v) is 5.13. The minimum atomic E-state index is -3.74. The molecule has 3 aromatic rings. The minimum Gasteiger partial charge on any atom is -0.382 e. The highest BCUT2D eigenvalue weighted by Crippen LogP contribution is 2.28. The van der Waals surface area contributed by atoms with Crippen molar-refractivity contribution in [1.29, 1.82) is 0 Å². The number of hydrogen-bond acceptors (Lipinski definition) is 8. The molecule has 1 amide bonds. The number of thiophene rings is 1. The van der Waals surface area contributed by atoms with Gasteiger partial charge in [0, 0.05) is 5.69 Å². The van der Waals surface area contributed by atoms with Crippen molar-refractivity contribution in [2.45, 2.75) is 21.2 Å². The summed E-state index contributed by atoms with van der Waals surface area (Å²) in [5.41, 5.74) is 7.62. The molecule has 27 heavy (non-hydrogen) atoms. The van der Waals surface area contributed by atoms with Gasteiger partial charge in [-0.05, 0) is 30.5 Å². The first-order valence-electron chi connectivity index (χ1n) is 7.76. The van der Waals surface area contributed by atoms with Gasteiger partial charge in [-0.3, -0.25) is 4.79 Å². The van der Waals surface area contributed by atoms with Crippen molar-refractivity contribution in [2.75, 3.05) is 16.8 Å². The molecule has 0 spiro atoms. The maximum Gasteiger partial charge on any atom is 0.234 e. The number of rotatable bonds is 6. The van der Waals surface area contributed by atoms with Gasteiger partial charge in [0.25, 0.3) is 0 Å². The average Bonchev–Trinajstić information content (AvgIpc) is 3.17. The third kappa shape index (κ3) is 4.65. The number of benzene rings is 1. The molecule has 0 aliphatic heterocycles. The van der Waals surface area contributed by atoms with E-state index in [1.807, 2.05) is 31.2 Å². The summed E-state index contributed by atoms with van der Waals surface area (Å²) < 4.78 is 25.2. The lowest BCUT2D eigenvalue weighted by atomic mass is 10.2. The minimum absolute atomic E-state index is 0.0737. The average molecular weight is 421 g/mol. The number of amides is 1. The number of aromatic nitrogens is 2. The second kappa shape index (κ2) is 8.07. The number of carbonyl (C=O) groups is 1. The summed E-state index contributed by atoms with van der Waals surface area (Å²) in [6.07, 6.45) is 1.18. The number of thioether (sulfide) groups is 1. The van der Waals surface area contributed by atoms with Crippen LogP contribution in [0.2, 0.25) is 0 Å². The zero-order chi connectivity index (χ0) is 19.4. The topological polar surface area (TPSA) is 115 Å². The Kier molecular flexibility index (Phi) is 5.78. The molecule has 10 heteroatoms. The van der Waals surface area contributed by atoms with Crippen LogP contribution in [0.1, 0.15) is 5.56 Å². The summed E-state index contributed by atoms with van der Waals surface area (Å²) in [7, 11) is -3.74. The van der Waals surface area contributed by atoms with E-state index in [1.165, 1.54) is 12.3 Å². The lowest BCUT2D eigenvalue weighted by molar-refractivity contribution is -0.113. The fourth-order valence-electron chi connectivity index (χ4n) is 2.13. The molecule has 0 aliphatic carbocycles. The number of nitrogens with zero attached hydrogens (tertiary/aromatic N) is 2. The van der Waals surface area contributed by atoms with Gasteiger partial charge in [-0.1, -0.05) is 35.5 Å². The Morgan fingerprint density at radius 3 is 2.63 bits per heavy atom. The highest BCUT2D eigenvalue weighted by molar-refractivity contribution is 7.99. The Morgan fingerprint density at radius 1 is 1.26 bits per heavy atom. The molecule has 140 valence electrons. The van der Waals surface area contributed by atoms with Crippen LogP contribution in [0.4, 0.5) is 11.5 Å². The summed E-state index contributed by atoms with van der Waals surface area (Å²) >= 11 is 2.17. The Balaban J connectivity index is 1.66. The molecule has 0 atom stereocenters. The fraction of sp³-hybridized carbons (Fsp3) is 0.118. The molecule has 0 saturated carbocycles. The van der Waals surface area contributed by atoms with E-state index < -0.39 is 9.84 Å². The number of nitrogens with two attached hydrogens (primary N) is 1. The highest BCUT2D eigenvalue weighted by atomic mass is 32.2. The van der Waals surface area contributed by atoms with E-state index in [1.54, 1.807) is 11.4 Å². The van der Waals surface area contributed by atoms with Crippen LogP contribution in [0.5, 0.6) is 0 Å². The van der Waals surface area contributed by atoms with Crippen LogP contribution in [0, 0.1) is 6.92 Å². The first-order valence-corrected chi connectivity index (χ1v) is 11.1. The van der Waals surface area contributed by atoms with Crippen molar-refractivity contribution in [3.8, 4) is 0 Å². The van der Waals surface area contributed by atoms with E-state index >= 15 is 0 Å². The predicted octanol–water partition coefficient (Wildman–Crippen LogP) is 2.99. The van der Waals surface area contributed by atoms with Crippen molar-refractivity contribution >= 4 is 50.3 Å². The van der Waals surface area contributed by atoms with Gasteiger partial charge in [-0.15, -0.1) is 11.3 Å². The summed E-state index contributed by atoms with van der Waals surface area (Å²) in [5.74, 6) is -0.286. The third-order valence-corrected chi connectivity index (χ3v) is 7.51. The van der Waals surface area contributed by atoms with E-state index in [2.05, 4.69) is 15.3 Å². The third-order valence-electron chi connectivity index (χ3n) is 3.48. The van der Waals surface area contributed by atoms with E-state index in [9.17, 15) is 13.2 Å². The Morgan fingerprint density at radius 2 is 2.00 bits per heavy atom. The van der Waals surface area contributed by atoms with Crippen LogP contribution < -0.4 is 11.1 Å². The molecular formula is C17H16N4O3S3. The smallest absolute Gasteiger partial charge is 0.234 e. The van der Waals surface area contributed by atoms with Gasteiger partial charge < -0.3 is 11.1 Å². The monoisotopic (exact) mass is 420 g/mol. The van der Waals surface area contributed by atoms with E-state index in [4.69, 9.17) is 5.73 Å². The first kappa shape index (κ1) is 19.3. The highest BCUT2D eigenvalue weighted by Gasteiger charge is 2.23. The summed E-state index contributed by atoms with van der Waals surface area (Å²) in [5, 5.41) is 4.67. The molecular weight excluding hydrogens is 404 g/mol. The number of sulfone groups is 1. The molecule has 0 unspecified atom stereocenters. The van der Waals surface area contributed by atoms with Gasteiger partial charge in [0.05, 0.1) is 11.9 Å². The van der Waals surface area contributed by atoms with Gasteiger partial charge in [0.15, 0.2) is 5.16 Å². The molecule has 3 N–H and O–H groups in total. The van der Waals surface area contributed by atoms with Crippen LogP contribution in [0.3, 0.4) is 0 Å². The lowest BCUT2D eigenvalue weighted by Gasteiger charge is -2.07. The van der Waals surface area contributed by atoms with Crippen molar-refractivity contribution < 1.29 is 13.2 Å². The van der Waals surface area contributed by atoms with Crippen LogP contribution in [-0.4, -0.2) is 30.0 Å². The van der Waals surface area contributed by atoms with Gasteiger partial charge in [-0.2, -0.15) is 0 Å². The molecule has 0 bridgehead atoms. The number of nitrogens with one attached hydrogen (secondary N) is 1. The van der Waals surface area contributed by atoms with Gasteiger partial charge in [-0.25, -0.2) is 18.4 Å². The number of hydrogen-bond donors (Lipinski definition) is 2. The molecule has 1 aromatic carbocycles. The standard InChI is InChI=1S/C17H16N4O3S3/c1-11-4-6-12(7-5-11)20-14(22)10-26-17-19-9-13(16(18)21-17)27(23,24)15-3-2-8-25-15/h2-9H,10H2,1H3,(H,20,22)(H2,18,19,21). The van der Waals surface area contributed by atoms with Crippen molar-refractivity contribution in [3.05, 3.63) is 53.5 Å². The van der Waals surface area contributed by atoms with E-state index in [0.29, 0.717) is 5.69 Å². The molecule has 0 radical (unpaired) electrons. The van der Waals surface area contributed by atoms with Crippen LogP contribution in [-0.2, 0) is 14.6 Å². The van der Waals surface area contributed by atoms with E-state index in [0.717, 1.165) is 28.7 Å². The number of aryl methyl sites for hydroxylation is 1. The molecule has 3 rings (SSSR count). The largest absolute Gasteiger partial charge is 0.382 e. The number of nitrogen functional groups attached to an aromatic ring is 1. The van der Waals surface area contributed by atoms with Crippen LogP contribution in [0.25, 0.3) is 0 Å². The Bertz CT molecular complexity index is 1050. The molecule has 0 aliphatic rings. The zero-order valence-corrected chi connectivity index (χ0v) is 16.7. The van der Waals surface area contributed by atoms with Crippen molar-refractivity contribution in [2.24, 2.45) is 0 Å². The van der Waals surface area contributed by atoms with Crippen molar-refractivity contribution in [3.63, 3.8) is 0 Å². The van der Waals surface area contributed by atoms with Crippen LogP contribution in [0.15, 0.2) is 62.2 Å². The molecule has 0 saturated heterocycles. The summed E-state index contributed by atoms with van der Waals surface area (Å²) in [4.78, 5) is 19.9. The van der Waals surface area contributed by atoms with E-state index in [-0.39, 0.29) is 31.7 Å². The lowest BCUT2D eigenvalue weighted by Crippen LogP contribution is -2.14. The van der Waals surface area contributed by atoms with Crippen molar-refractivity contribution in [1.82, 2.24) is 9.97 Å². The Labute approximate surface area is 165 Å². The van der Waals surface area contributed by atoms with Gasteiger partial charge >= 0.3 is 0 Å². The molecule has 0 fully saturated rings. The molecule has 2 aromatic heterocycles. The first-order chi connectivity index (χ1) is 12.9. The quantitative estimate of drug-likeness (QED) is 0.465. The second-order valence-electron chi connectivity index (χ2n) is 5.54. The number of carbonyl (C=O) groups excluding carboxylic acids is 1. The van der Waals surface area contributed by atoms with Gasteiger partial charge in [0.2, 0.25) is 15.7 Å². The zero-order valence-electron chi connectivity index (χ0n) is 14.2. The molecule has 2 heterocycles. The van der Waals surface area contributed by atoms with Crippen LogP contribution >= 0.6 is 23.1 Å². The summed E-state index contributed by atoms with van der Waals surface area (Å²) in [6, 6.07) is 10.6. The predicted molar refractivity (Wildman–Crippen MR) is 107 cm³/mol. The SMILES string of the molecule is Cc1ccc(NC(=O)CSc2ncc(S(=O)(=O)c3cccs3)c(N)n2)cc1. The molecule has 7 nitrogen and oxygen atoms in total.